The molecule has 0 bridgehead atoms. The lowest BCUT2D eigenvalue weighted by atomic mass is 10.1. The van der Waals surface area contributed by atoms with Crippen LogP contribution in [0.5, 0.6) is 5.75 Å². The van der Waals surface area contributed by atoms with Gasteiger partial charge in [-0.05, 0) is 12.1 Å². The fourth-order valence-corrected chi connectivity index (χ4v) is 1.90. The quantitative estimate of drug-likeness (QED) is 0.799. The first kappa shape index (κ1) is 9.37. The third kappa shape index (κ3) is 1.25. The van der Waals surface area contributed by atoms with Crippen LogP contribution in [0.2, 0.25) is 5.02 Å². The van der Waals surface area contributed by atoms with E-state index in [9.17, 15) is 0 Å². The summed E-state index contributed by atoms with van der Waals surface area (Å²) in [7, 11) is 1.63. The number of nitrogens with one attached hydrogen (secondary N) is 1. The highest BCUT2D eigenvalue weighted by Crippen LogP contribution is 2.33. The average Bonchev–Trinajstić information content (AvgIpc) is 2.66. The Hall–Kier alpha value is -1.19. The van der Waals surface area contributed by atoms with Gasteiger partial charge in [0.2, 0.25) is 0 Å². The molecule has 0 amide bonds. The molecule has 3 nitrogen and oxygen atoms in total. The predicted octanol–water partition coefficient (Wildman–Crippen LogP) is 2.29. The number of rotatable bonds is 2. The van der Waals surface area contributed by atoms with Crippen molar-refractivity contribution in [2.45, 2.75) is 6.54 Å². The topological polar surface area (TPSA) is 51.0 Å². The van der Waals surface area contributed by atoms with E-state index in [1.54, 1.807) is 7.11 Å². The van der Waals surface area contributed by atoms with Gasteiger partial charge in [-0.15, -0.1) is 0 Å². The molecule has 0 unspecified atom stereocenters. The number of aromatic nitrogens is 1. The van der Waals surface area contributed by atoms with Gasteiger partial charge in [0.25, 0.3) is 0 Å². The zero-order valence-electron chi connectivity index (χ0n) is 7.80. The Morgan fingerprint density at radius 2 is 2.36 bits per heavy atom. The van der Waals surface area contributed by atoms with Gasteiger partial charge >= 0.3 is 0 Å². The molecular weight excluding hydrogens is 200 g/mol. The highest BCUT2D eigenvalue weighted by Gasteiger charge is 2.11. The first-order valence-corrected chi connectivity index (χ1v) is 4.68. The largest absolute Gasteiger partial charge is 0.496 e. The van der Waals surface area contributed by atoms with Gasteiger partial charge in [-0.3, -0.25) is 0 Å². The van der Waals surface area contributed by atoms with E-state index < -0.39 is 0 Å². The second-order valence-corrected chi connectivity index (χ2v) is 3.43. The molecule has 3 N–H and O–H groups in total. The monoisotopic (exact) mass is 210 g/mol. The van der Waals surface area contributed by atoms with Crippen LogP contribution >= 0.6 is 11.6 Å². The van der Waals surface area contributed by atoms with Crippen molar-refractivity contribution >= 4 is 22.5 Å². The van der Waals surface area contributed by atoms with Crippen molar-refractivity contribution < 1.29 is 4.74 Å². The van der Waals surface area contributed by atoms with Crippen molar-refractivity contribution in [1.29, 1.82) is 0 Å². The number of fused-ring (bicyclic) bond motifs is 1. The van der Waals surface area contributed by atoms with E-state index in [1.807, 2.05) is 18.3 Å². The number of hydrogen-bond donors (Lipinski definition) is 2. The third-order valence-electron chi connectivity index (χ3n) is 2.25. The Bertz CT molecular complexity index is 464. The summed E-state index contributed by atoms with van der Waals surface area (Å²) in [5, 5.41) is 1.65. The van der Waals surface area contributed by atoms with Crippen LogP contribution in [0.3, 0.4) is 0 Å². The van der Waals surface area contributed by atoms with Crippen molar-refractivity contribution in [3.8, 4) is 5.75 Å². The van der Waals surface area contributed by atoms with Gasteiger partial charge in [0, 0.05) is 23.7 Å². The number of ether oxygens (including phenoxy) is 1. The molecule has 0 aliphatic rings. The van der Waals surface area contributed by atoms with Gasteiger partial charge in [0.15, 0.2) is 0 Å². The number of nitrogens with two attached hydrogens (primary N) is 1. The number of halogens is 1. The fraction of sp³-hybridized carbons (Fsp3) is 0.200. The van der Waals surface area contributed by atoms with Crippen molar-refractivity contribution in [2.24, 2.45) is 5.73 Å². The van der Waals surface area contributed by atoms with E-state index >= 15 is 0 Å². The predicted molar refractivity (Wildman–Crippen MR) is 57.8 cm³/mol. The minimum absolute atomic E-state index is 0.421. The Morgan fingerprint density at radius 1 is 1.57 bits per heavy atom. The highest BCUT2D eigenvalue weighted by molar-refractivity contribution is 6.35. The van der Waals surface area contributed by atoms with Gasteiger partial charge in [0.1, 0.15) is 5.75 Å². The molecule has 4 heteroatoms. The summed E-state index contributed by atoms with van der Waals surface area (Å²) in [5.41, 5.74) is 7.42. The Labute approximate surface area is 86.8 Å². The molecule has 0 atom stereocenters. The lowest BCUT2D eigenvalue weighted by Crippen LogP contribution is -2.00. The van der Waals surface area contributed by atoms with Gasteiger partial charge in [0.05, 0.1) is 17.6 Å². The van der Waals surface area contributed by atoms with Crippen LogP contribution in [0, 0.1) is 0 Å². The molecule has 0 aliphatic carbocycles. The lowest BCUT2D eigenvalue weighted by Gasteiger charge is -2.08. The van der Waals surface area contributed by atoms with Gasteiger partial charge < -0.3 is 15.5 Å². The maximum absolute atomic E-state index is 6.07. The second-order valence-electron chi connectivity index (χ2n) is 3.02. The van der Waals surface area contributed by atoms with Crippen LogP contribution in [-0.4, -0.2) is 12.1 Å². The molecule has 14 heavy (non-hydrogen) atoms. The van der Waals surface area contributed by atoms with Crippen LogP contribution in [0.15, 0.2) is 18.3 Å². The molecule has 1 heterocycles. The molecule has 0 saturated heterocycles. The Kier molecular flexibility index (Phi) is 2.35. The molecule has 0 fully saturated rings. The van der Waals surface area contributed by atoms with Crippen LogP contribution in [0.25, 0.3) is 10.9 Å². The molecule has 1 aromatic carbocycles. The summed E-state index contributed by atoms with van der Waals surface area (Å²) < 4.78 is 5.30. The van der Waals surface area contributed by atoms with Gasteiger partial charge in [-0.2, -0.15) is 0 Å². The molecule has 0 radical (unpaired) electrons. The number of hydrogen-bond acceptors (Lipinski definition) is 2. The van der Waals surface area contributed by atoms with Gasteiger partial charge in [-0.1, -0.05) is 11.6 Å². The number of methoxy groups -OCH3 is 1. The molecule has 2 rings (SSSR count). The minimum atomic E-state index is 0.421. The maximum atomic E-state index is 6.07. The van der Waals surface area contributed by atoms with E-state index in [-0.39, 0.29) is 0 Å². The van der Waals surface area contributed by atoms with Crippen LogP contribution < -0.4 is 10.5 Å². The van der Waals surface area contributed by atoms with Crippen molar-refractivity contribution in [1.82, 2.24) is 4.98 Å². The van der Waals surface area contributed by atoms with E-state index in [0.717, 1.165) is 22.2 Å². The van der Waals surface area contributed by atoms with Crippen LogP contribution in [-0.2, 0) is 6.54 Å². The Morgan fingerprint density at radius 3 is 3.00 bits per heavy atom. The number of benzene rings is 1. The van der Waals surface area contributed by atoms with Crippen molar-refractivity contribution in [2.75, 3.05) is 7.11 Å². The van der Waals surface area contributed by atoms with E-state index in [0.29, 0.717) is 11.6 Å². The smallest absolute Gasteiger partial charge is 0.132 e. The minimum Gasteiger partial charge on any atom is -0.496 e. The number of H-pyrrole nitrogens is 1. The zero-order valence-corrected chi connectivity index (χ0v) is 8.56. The summed E-state index contributed by atoms with van der Waals surface area (Å²) in [4.78, 5) is 3.06. The second kappa shape index (κ2) is 3.52. The highest BCUT2D eigenvalue weighted by atomic mass is 35.5. The van der Waals surface area contributed by atoms with E-state index in [4.69, 9.17) is 22.1 Å². The maximum Gasteiger partial charge on any atom is 0.132 e. The standard InChI is InChI=1S/C10H11ClN2O/c1-14-10-6(5-12)4-8(11)9-7(10)2-3-13-9/h2-4,13H,5,12H2,1H3. The zero-order chi connectivity index (χ0) is 10.1. The molecule has 0 spiro atoms. The molecule has 0 aliphatic heterocycles. The normalized spacial score (nSPS) is 10.8. The first-order valence-electron chi connectivity index (χ1n) is 4.30. The fourth-order valence-electron chi connectivity index (χ4n) is 1.61. The van der Waals surface area contributed by atoms with Gasteiger partial charge in [-0.25, -0.2) is 0 Å². The lowest BCUT2D eigenvalue weighted by molar-refractivity contribution is 0.415. The Balaban J connectivity index is 2.82. The van der Waals surface area contributed by atoms with Crippen LogP contribution in [0.1, 0.15) is 5.56 Å². The molecular formula is C10H11ClN2O. The molecule has 1 aromatic heterocycles. The summed E-state index contributed by atoms with van der Waals surface area (Å²) in [6.07, 6.45) is 1.83. The summed E-state index contributed by atoms with van der Waals surface area (Å²) in [5.74, 6) is 0.799. The summed E-state index contributed by atoms with van der Waals surface area (Å²) in [6, 6.07) is 3.76. The summed E-state index contributed by atoms with van der Waals surface area (Å²) in [6.45, 7) is 0.421. The SMILES string of the molecule is COc1c(CN)cc(Cl)c2[nH]ccc12. The van der Waals surface area contributed by atoms with E-state index in [2.05, 4.69) is 4.98 Å². The third-order valence-corrected chi connectivity index (χ3v) is 2.55. The van der Waals surface area contributed by atoms with Crippen molar-refractivity contribution in [3.63, 3.8) is 0 Å². The van der Waals surface area contributed by atoms with Crippen molar-refractivity contribution in [3.05, 3.63) is 28.9 Å². The number of aromatic amines is 1. The first-order chi connectivity index (χ1) is 6.77. The average molecular weight is 211 g/mol. The molecule has 2 aromatic rings. The van der Waals surface area contributed by atoms with Crippen LogP contribution in [0.4, 0.5) is 0 Å². The molecule has 0 saturated carbocycles. The molecule has 74 valence electrons. The van der Waals surface area contributed by atoms with E-state index in [1.165, 1.54) is 0 Å². The summed E-state index contributed by atoms with van der Waals surface area (Å²) >= 11 is 6.07.